The van der Waals surface area contributed by atoms with E-state index in [0.29, 0.717) is 5.56 Å². The van der Waals surface area contributed by atoms with Crippen LogP contribution in [0.25, 0.3) is 5.69 Å². The van der Waals surface area contributed by atoms with Crippen LogP contribution in [0.4, 0.5) is 4.39 Å². The Balaban J connectivity index is 1.55. The van der Waals surface area contributed by atoms with Gasteiger partial charge in [-0.05, 0) is 43.3 Å². The van der Waals surface area contributed by atoms with Gasteiger partial charge in [0.2, 0.25) is 0 Å². The summed E-state index contributed by atoms with van der Waals surface area (Å²) in [5, 5.41) is 10.3. The van der Waals surface area contributed by atoms with Gasteiger partial charge in [-0.2, -0.15) is 0 Å². The lowest BCUT2D eigenvalue weighted by Gasteiger charge is -2.15. The predicted octanol–water partition coefficient (Wildman–Crippen LogP) is 2.60. The van der Waals surface area contributed by atoms with Gasteiger partial charge < -0.3 is 10.1 Å². The maximum atomic E-state index is 13.5. The molecule has 0 radical (unpaired) electrons. The van der Waals surface area contributed by atoms with Gasteiger partial charge in [0, 0.05) is 11.3 Å². The van der Waals surface area contributed by atoms with Crippen LogP contribution in [0.2, 0.25) is 0 Å². The predicted molar refractivity (Wildman–Crippen MR) is 90.2 cm³/mol. The number of hydrogen-bond acceptors (Lipinski definition) is 4. The Morgan fingerprint density at radius 3 is 2.52 bits per heavy atom. The molecule has 25 heavy (non-hydrogen) atoms. The fourth-order valence-electron chi connectivity index (χ4n) is 2.24. The van der Waals surface area contributed by atoms with E-state index in [1.165, 1.54) is 6.07 Å². The van der Waals surface area contributed by atoms with Crippen molar-refractivity contribution in [3.05, 3.63) is 72.6 Å². The molecule has 0 fully saturated rings. The third-order valence-corrected chi connectivity index (χ3v) is 3.55. The maximum Gasteiger partial charge on any atom is 0.251 e. The standard InChI is InChI=1S/C18H17FN4O2/c1-13(10-25-17-5-3-2-4-16(17)19)22-18(24)14-6-8-15(9-7-14)23-11-20-21-12-23/h2-9,11-13H,10H2,1H3,(H,22,24)/t13-/m1/s1. The SMILES string of the molecule is C[C@H](COc1ccccc1F)NC(=O)c1ccc(-n2cnnc2)cc1. The van der Waals surface area contributed by atoms with Crippen LogP contribution in [0, 0.1) is 5.82 Å². The van der Waals surface area contributed by atoms with Crippen molar-refractivity contribution in [2.24, 2.45) is 0 Å². The smallest absolute Gasteiger partial charge is 0.251 e. The van der Waals surface area contributed by atoms with Gasteiger partial charge in [0.15, 0.2) is 11.6 Å². The van der Waals surface area contributed by atoms with Gasteiger partial charge in [0.1, 0.15) is 19.3 Å². The summed E-state index contributed by atoms with van der Waals surface area (Å²) in [5.74, 6) is -0.479. The highest BCUT2D eigenvalue weighted by Gasteiger charge is 2.11. The molecule has 0 saturated carbocycles. The van der Waals surface area contributed by atoms with E-state index in [9.17, 15) is 9.18 Å². The summed E-state index contributed by atoms with van der Waals surface area (Å²) in [6, 6.07) is 12.9. The number of ether oxygens (including phenoxy) is 1. The quantitative estimate of drug-likeness (QED) is 0.749. The molecule has 3 rings (SSSR count). The zero-order valence-corrected chi connectivity index (χ0v) is 13.6. The first-order valence-electron chi connectivity index (χ1n) is 7.77. The molecule has 6 nitrogen and oxygen atoms in total. The van der Waals surface area contributed by atoms with Crippen molar-refractivity contribution < 1.29 is 13.9 Å². The molecule has 0 bridgehead atoms. The van der Waals surface area contributed by atoms with Crippen LogP contribution in [0.15, 0.2) is 61.2 Å². The second kappa shape index (κ2) is 7.57. The lowest BCUT2D eigenvalue weighted by molar-refractivity contribution is 0.0926. The lowest BCUT2D eigenvalue weighted by Crippen LogP contribution is -2.36. The molecule has 128 valence electrons. The van der Waals surface area contributed by atoms with Crippen LogP contribution < -0.4 is 10.1 Å². The monoisotopic (exact) mass is 340 g/mol. The van der Waals surface area contributed by atoms with Crippen LogP contribution in [0.1, 0.15) is 17.3 Å². The van der Waals surface area contributed by atoms with E-state index in [4.69, 9.17) is 4.74 Å². The second-order valence-corrected chi connectivity index (χ2v) is 5.53. The normalized spacial score (nSPS) is 11.8. The number of hydrogen-bond donors (Lipinski definition) is 1. The molecule has 0 aliphatic heterocycles. The van der Waals surface area contributed by atoms with Crippen LogP contribution in [0.3, 0.4) is 0 Å². The Bertz CT molecular complexity index is 835. The fourth-order valence-corrected chi connectivity index (χ4v) is 2.24. The minimum atomic E-state index is -0.425. The number of rotatable bonds is 6. The van der Waals surface area contributed by atoms with E-state index in [0.717, 1.165) is 5.69 Å². The minimum Gasteiger partial charge on any atom is -0.488 e. The summed E-state index contributed by atoms with van der Waals surface area (Å²) < 4.78 is 20.6. The zero-order valence-electron chi connectivity index (χ0n) is 13.6. The van der Waals surface area contributed by atoms with Gasteiger partial charge in [-0.3, -0.25) is 9.36 Å². The Hall–Kier alpha value is -3.22. The maximum absolute atomic E-state index is 13.5. The number of halogens is 1. The Kier molecular flexibility index (Phi) is 5.03. The number of benzene rings is 2. The molecular formula is C18H17FN4O2. The highest BCUT2D eigenvalue weighted by atomic mass is 19.1. The zero-order chi connectivity index (χ0) is 17.6. The molecule has 1 aromatic heterocycles. The van der Waals surface area contributed by atoms with Crippen molar-refractivity contribution in [2.75, 3.05) is 6.61 Å². The molecule has 0 aliphatic rings. The molecule has 3 aromatic rings. The third-order valence-electron chi connectivity index (χ3n) is 3.55. The number of nitrogens with zero attached hydrogens (tertiary/aromatic N) is 3. The number of amides is 1. The Labute approximate surface area is 144 Å². The average Bonchev–Trinajstić information content (AvgIpc) is 3.16. The molecule has 1 N–H and O–H groups in total. The summed E-state index contributed by atoms with van der Waals surface area (Å²) in [4.78, 5) is 12.3. The van der Waals surface area contributed by atoms with Gasteiger partial charge >= 0.3 is 0 Å². The van der Waals surface area contributed by atoms with Gasteiger partial charge in [-0.25, -0.2) is 4.39 Å². The van der Waals surface area contributed by atoms with E-state index in [1.54, 1.807) is 66.6 Å². The summed E-state index contributed by atoms with van der Waals surface area (Å²) in [6.45, 7) is 1.97. The molecule has 0 aliphatic carbocycles. The topological polar surface area (TPSA) is 69.0 Å². The number of carbonyl (C=O) groups excluding carboxylic acids is 1. The minimum absolute atomic E-state index is 0.168. The first kappa shape index (κ1) is 16.6. The van der Waals surface area contributed by atoms with E-state index in [-0.39, 0.29) is 24.3 Å². The summed E-state index contributed by atoms with van der Waals surface area (Å²) in [7, 11) is 0. The van der Waals surface area contributed by atoms with Crippen LogP contribution in [-0.2, 0) is 0 Å². The largest absolute Gasteiger partial charge is 0.488 e. The number of aromatic nitrogens is 3. The summed E-state index contributed by atoms with van der Waals surface area (Å²) in [6.07, 6.45) is 3.16. The van der Waals surface area contributed by atoms with Crippen molar-refractivity contribution in [1.29, 1.82) is 0 Å². The van der Waals surface area contributed by atoms with Crippen molar-refractivity contribution in [2.45, 2.75) is 13.0 Å². The first-order chi connectivity index (χ1) is 12.1. The number of nitrogens with one attached hydrogen (secondary N) is 1. The molecule has 0 spiro atoms. The van der Waals surface area contributed by atoms with Crippen LogP contribution >= 0.6 is 0 Å². The van der Waals surface area contributed by atoms with Crippen molar-refractivity contribution in [1.82, 2.24) is 20.1 Å². The van der Waals surface area contributed by atoms with E-state index < -0.39 is 5.82 Å². The van der Waals surface area contributed by atoms with Gasteiger partial charge in [-0.1, -0.05) is 12.1 Å². The Morgan fingerprint density at radius 2 is 1.84 bits per heavy atom. The lowest BCUT2D eigenvalue weighted by atomic mass is 10.2. The molecule has 1 heterocycles. The van der Waals surface area contributed by atoms with Crippen LogP contribution in [0.5, 0.6) is 5.75 Å². The molecule has 0 unspecified atom stereocenters. The van der Waals surface area contributed by atoms with Crippen molar-refractivity contribution in [3.8, 4) is 11.4 Å². The van der Waals surface area contributed by atoms with E-state index in [1.807, 2.05) is 0 Å². The third kappa shape index (κ3) is 4.20. The highest BCUT2D eigenvalue weighted by Crippen LogP contribution is 2.15. The van der Waals surface area contributed by atoms with Gasteiger partial charge in [0.05, 0.1) is 6.04 Å². The molecule has 7 heteroatoms. The van der Waals surface area contributed by atoms with Gasteiger partial charge in [0.25, 0.3) is 5.91 Å². The van der Waals surface area contributed by atoms with E-state index >= 15 is 0 Å². The number of para-hydroxylation sites is 1. The van der Waals surface area contributed by atoms with Crippen molar-refractivity contribution in [3.63, 3.8) is 0 Å². The highest BCUT2D eigenvalue weighted by molar-refractivity contribution is 5.94. The molecule has 1 amide bonds. The molecule has 1 atom stereocenters. The van der Waals surface area contributed by atoms with Crippen molar-refractivity contribution >= 4 is 5.91 Å². The van der Waals surface area contributed by atoms with Crippen LogP contribution in [-0.4, -0.2) is 33.3 Å². The van der Waals surface area contributed by atoms with Gasteiger partial charge in [-0.15, -0.1) is 10.2 Å². The second-order valence-electron chi connectivity index (χ2n) is 5.53. The molecule has 0 saturated heterocycles. The fraction of sp³-hybridized carbons (Fsp3) is 0.167. The molecule has 2 aromatic carbocycles. The molecular weight excluding hydrogens is 323 g/mol. The summed E-state index contributed by atoms with van der Waals surface area (Å²) >= 11 is 0. The number of carbonyl (C=O) groups is 1. The Morgan fingerprint density at radius 1 is 1.16 bits per heavy atom. The first-order valence-corrected chi connectivity index (χ1v) is 7.77. The summed E-state index contributed by atoms with van der Waals surface area (Å²) in [5.41, 5.74) is 1.38. The average molecular weight is 340 g/mol. The van der Waals surface area contributed by atoms with E-state index in [2.05, 4.69) is 15.5 Å².